The van der Waals surface area contributed by atoms with E-state index in [9.17, 15) is 9.90 Å². The number of amides is 1. The number of rotatable bonds is 3. The lowest BCUT2D eigenvalue weighted by Crippen LogP contribution is -2.38. The fraction of sp³-hybridized carbons (Fsp3) is 0.125. The van der Waals surface area contributed by atoms with Gasteiger partial charge in [-0.05, 0) is 47.9 Å². The van der Waals surface area contributed by atoms with Gasteiger partial charge in [0.05, 0.1) is 11.7 Å². The van der Waals surface area contributed by atoms with Crippen molar-refractivity contribution in [3.8, 4) is 17.0 Å². The minimum atomic E-state index is -0.145. The number of para-hydroxylation sites is 1. The average molecular weight is 396 g/mol. The quantitative estimate of drug-likeness (QED) is 0.510. The molecule has 2 N–H and O–H groups in total. The van der Waals surface area contributed by atoms with Gasteiger partial charge in [-0.1, -0.05) is 43.0 Å². The van der Waals surface area contributed by atoms with Crippen molar-refractivity contribution in [3.63, 3.8) is 0 Å². The van der Waals surface area contributed by atoms with Gasteiger partial charge in [0.25, 0.3) is 0 Å². The van der Waals surface area contributed by atoms with Crippen LogP contribution in [0.25, 0.3) is 22.3 Å². The van der Waals surface area contributed by atoms with Crippen LogP contribution in [0, 0.1) is 0 Å². The molecule has 2 aromatic heterocycles. The first-order valence-electron chi connectivity index (χ1n) is 9.78. The molecule has 3 heterocycles. The summed E-state index contributed by atoms with van der Waals surface area (Å²) in [5.74, 6) is 0.0580. The molecule has 0 aliphatic carbocycles. The van der Waals surface area contributed by atoms with Gasteiger partial charge in [-0.15, -0.1) is 10.2 Å². The smallest absolute Gasteiger partial charge is 0.246 e. The number of phenolic OH excluding ortho intramolecular Hbond substituents is 1. The highest BCUT2D eigenvalue weighted by Gasteiger charge is 2.31. The van der Waals surface area contributed by atoms with Crippen LogP contribution in [-0.4, -0.2) is 31.1 Å². The predicted octanol–water partition coefficient (Wildman–Crippen LogP) is 4.14. The van der Waals surface area contributed by atoms with E-state index in [0.29, 0.717) is 29.9 Å². The van der Waals surface area contributed by atoms with Crippen LogP contribution in [0.2, 0.25) is 0 Å². The molecule has 5 rings (SSSR count). The number of carbonyl (C=O) groups is 1. The highest BCUT2D eigenvalue weighted by Crippen LogP contribution is 2.35. The van der Waals surface area contributed by atoms with Crippen LogP contribution in [0.1, 0.15) is 22.9 Å². The van der Waals surface area contributed by atoms with Crippen LogP contribution >= 0.6 is 0 Å². The van der Waals surface area contributed by atoms with Crippen molar-refractivity contribution in [2.75, 3.05) is 0 Å². The van der Waals surface area contributed by atoms with Crippen molar-refractivity contribution in [1.82, 2.24) is 20.1 Å². The molecule has 1 unspecified atom stereocenters. The molecule has 0 fully saturated rings. The Morgan fingerprint density at radius 3 is 2.67 bits per heavy atom. The second kappa shape index (κ2) is 7.15. The van der Waals surface area contributed by atoms with Crippen LogP contribution in [-0.2, 0) is 17.8 Å². The number of benzene rings is 2. The van der Waals surface area contributed by atoms with Gasteiger partial charge in [0, 0.05) is 23.2 Å². The summed E-state index contributed by atoms with van der Waals surface area (Å²) in [6, 6.07) is 19.0. The largest absolute Gasteiger partial charge is 0.507 e. The van der Waals surface area contributed by atoms with Crippen LogP contribution in [0.4, 0.5) is 0 Å². The molecule has 2 aromatic carbocycles. The molecule has 1 aliphatic rings. The van der Waals surface area contributed by atoms with Crippen molar-refractivity contribution in [2.24, 2.45) is 0 Å². The third-order valence-corrected chi connectivity index (χ3v) is 5.64. The number of aromatic amines is 1. The van der Waals surface area contributed by atoms with Crippen molar-refractivity contribution in [1.29, 1.82) is 0 Å². The minimum absolute atomic E-state index is 0.103. The Bertz CT molecular complexity index is 1280. The van der Waals surface area contributed by atoms with Crippen LogP contribution in [0.5, 0.6) is 5.75 Å². The molecule has 4 aromatic rings. The van der Waals surface area contributed by atoms with Crippen molar-refractivity contribution in [3.05, 3.63) is 90.1 Å². The number of nitrogens with one attached hydrogen (secondary N) is 1. The fourth-order valence-electron chi connectivity index (χ4n) is 4.10. The number of carbonyl (C=O) groups excluding carboxylic acids is 1. The van der Waals surface area contributed by atoms with E-state index in [2.05, 4.69) is 33.9 Å². The molecule has 148 valence electrons. The first kappa shape index (κ1) is 18.1. The molecular formula is C24H20N4O2. The Kier molecular flexibility index (Phi) is 4.32. The van der Waals surface area contributed by atoms with Crippen LogP contribution in [0.15, 0.2) is 73.3 Å². The second-order valence-corrected chi connectivity index (χ2v) is 7.43. The normalized spacial score (nSPS) is 15.7. The Balaban J connectivity index is 1.57. The van der Waals surface area contributed by atoms with Crippen LogP contribution < -0.4 is 0 Å². The third kappa shape index (κ3) is 3.03. The highest BCUT2D eigenvalue weighted by molar-refractivity contribution is 5.88. The molecule has 6 heteroatoms. The lowest BCUT2D eigenvalue weighted by molar-refractivity contribution is -0.129. The number of nitrogens with zero attached hydrogens (tertiary/aromatic N) is 3. The Morgan fingerprint density at radius 1 is 1.10 bits per heavy atom. The summed E-state index contributed by atoms with van der Waals surface area (Å²) in [4.78, 5) is 17.8. The van der Waals surface area contributed by atoms with Crippen LogP contribution in [0.3, 0.4) is 0 Å². The Morgan fingerprint density at radius 2 is 1.87 bits per heavy atom. The molecule has 0 saturated carbocycles. The number of phenols is 1. The van der Waals surface area contributed by atoms with Gasteiger partial charge < -0.3 is 15.0 Å². The molecule has 6 nitrogen and oxygen atoms in total. The zero-order valence-corrected chi connectivity index (χ0v) is 16.2. The zero-order valence-electron chi connectivity index (χ0n) is 16.2. The van der Waals surface area contributed by atoms with E-state index in [1.54, 1.807) is 18.2 Å². The maximum absolute atomic E-state index is 12.6. The summed E-state index contributed by atoms with van der Waals surface area (Å²) in [6.07, 6.45) is 2.07. The van der Waals surface area contributed by atoms with E-state index in [1.165, 1.54) is 11.6 Å². The van der Waals surface area contributed by atoms with Gasteiger partial charge in [-0.2, -0.15) is 0 Å². The number of aromatic hydroxyl groups is 1. The number of hydrogen-bond donors (Lipinski definition) is 2. The Hall–Kier alpha value is -3.93. The summed E-state index contributed by atoms with van der Waals surface area (Å²) in [5.41, 5.74) is 5.16. The molecule has 0 saturated heterocycles. The number of H-pyrrole nitrogens is 1. The lowest BCUT2D eigenvalue weighted by Gasteiger charge is -2.36. The molecule has 30 heavy (non-hydrogen) atoms. The summed E-state index contributed by atoms with van der Waals surface area (Å²) in [5, 5.41) is 19.6. The number of fused-ring (bicyclic) bond motifs is 2. The number of hydrogen-bond acceptors (Lipinski definition) is 4. The maximum Gasteiger partial charge on any atom is 0.246 e. The van der Waals surface area contributed by atoms with E-state index in [-0.39, 0.29) is 17.7 Å². The van der Waals surface area contributed by atoms with Gasteiger partial charge >= 0.3 is 0 Å². The SMILES string of the molecule is C=CC(=O)N1Cc2ccccc2CC1c1cc2cc(-c3ccccc3O)nnc2[nH]1. The molecule has 1 aliphatic heterocycles. The standard InChI is InChI=1S/C24H20N4O2/c1-2-23(30)28-14-16-8-4-3-7-15(16)13-21(28)20-12-17-11-19(26-27-24(17)25-20)18-9-5-6-10-22(18)29/h2-12,21,29H,1,13-14H2,(H,25,27). The third-order valence-electron chi connectivity index (χ3n) is 5.64. The lowest BCUT2D eigenvalue weighted by atomic mass is 9.92. The molecule has 0 spiro atoms. The van der Waals surface area contributed by atoms with Crippen molar-refractivity contribution in [2.45, 2.75) is 19.0 Å². The average Bonchev–Trinajstić information content (AvgIpc) is 3.21. The topological polar surface area (TPSA) is 82.1 Å². The van der Waals surface area contributed by atoms with Crippen molar-refractivity contribution >= 4 is 16.9 Å². The number of aromatic nitrogens is 3. The summed E-state index contributed by atoms with van der Waals surface area (Å²) < 4.78 is 0. The summed E-state index contributed by atoms with van der Waals surface area (Å²) in [6.45, 7) is 4.21. The monoisotopic (exact) mass is 396 g/mol. The van der Waals surface area contributed by atoms with Crippen molar-refractivity contribution < 1.29 is 9.90 Å². The molecule has 0 radical (unpaired) electrons. The summed E-state index contributed by atoms with van der Waals surface area (Å²) >= 11 is 0. The van der Waals surface area contributed by atoms with E-state index in [4.69, 9.17) is 0 Å². The molecule has 1 amide bonds. The van der Waals surface area contributed by atoms with E-state index >= 15 is 0 Å². The summed E-state index contributed by atoms with van der Waals surface area (Å²) in [7, 11) is 0. The highest BCUT2D eigenvalue weighted by atomic mass is 16.3. The Labute approximate surface area is 173 Å². The second-order valence-electron chi connectivity index (χ2n) is 7.43. The van der Waals surface area contributed by atoms with E-state index in [0.717, 1.165) is 16.6 Å². The van der Waals surface area contributed by atoms with Gasteiger partial charge in [0.1, 0.15) is 5.75 Å². The van der Waals surface area contributed by atoms with Gasteiger partial charge in [0.2, 0.25) is 5.91 Å². The molecule has 0 bridgehead atoms. The van der Waals surface area contributed by atoms with Gasteiger partial charge in [-0.3, -0.25) is 4.79 Å². The van der Waals surface area contributed by atoms with E-state index in [1.807, 2.05) is 35.2 Å². The zero-order chi connectivity index (χ0) is 20.7. The van der Waals surface area contributed by atoms with Gasteiger partial charge in [0.15, 0.2) is 5.65 Å². The molecule has 1 atom stereocenters. The fourth-order valence-corrected chi connectivity index (χ4v) is 4.10. The molecular weight excluding hydrogens is 376 g/mol. The van der Waals surface area contributed by atoms with E-state index < -0.39 is 0 Å². The predicted molar refractivity (Wildman–Crippen MR) is 115 cm³/mol. The maximum atomic E-state index is 12.6. The minimum Gasteiger partial charge on any atom is -0.507 e. The van der Waals surface area contributed by atoms with Gasteiger partial charge in [-0.25, -0.2) is 0 Å². The first-order valence-corrected chi connectivity index (χ1v) is 9.78. The first-order chi connectivity index (χ1) is 14.6.